The molecule has 0 aliphatic carbocycles. The first-order valence-corrected chi connectivity index (χ1v) is 6.97. The summed E-state index contributed by atoms with van der Waals surface area (Å²) >= 11 is 0. The average Bonchev–Trinajstić information content (AvgIpc) is 2.45. The van der Waals surface area contributed by atoms with Crippen molar-refractivity contribution >= 4 is 11.9 Å². The number of aliphatic carboxylic acids is 1. The van der Waals surface area contributed by atoms with Crippen LogP contribution in [0.25, 0.3) is 0 Å². The van der Waals surface area contributed by atoms with Crippen molar-refractivity contribution in [2.45, 2.75) is 38.1 Å². The lowest BCUT2D eigenvalue weighted by Crippen LogP contribution is -2.41. The van der Waals surface area contributed by atoms with Gasteiger partial charge >= 0.3 is 5.97 Å². The lowest BCUT2D eigenvalue weighted by atomic mass is 9.79. The summed E-state index contributed by atoms with van der Waals surface area (Å²) in [4.78, 5) is 23.7. The maximum Gasteiger partial charge on any atom is 0.314 e. The van der Waals surface area contributed by atoms with E-state index in [4.69, 9.17) is 4.74 Å². The molecule has 2 N–H and O–H groups in total. The van der Waals surface area contributed by atoms with Crippen LogP contribution in [0.4, 0.5) is 0 Å². The summed E-state index contributed by atoms with van der Waals surface area (Å²) in [7, 11) is 1.60. The van der Waals surface area contributed by atoms with Crippen LogP contribution in [-0.2, 0) is 19.7 Å². The molecule has 0 spiro atoms. The molecule has 2 unspecified atom stereocenters. The van der Waals surface area contributed by atoms with Gasteiger partial charge in [-0.25, -0.2) is 0 Å². The standard InChI is InChI=1S/C16H23NO4/c1-12(9-10-21-3)17-14(18)11-16(2,15(19)20)13-7-5-4-6-8-13/h4-8,12H,9-11H2,1-3H3,(H,17,18)(H,19,20). The molecule has 0 heterocycles. The molecule has 0 aromatic heterocycles. The van der Waals surface area contributed by atoms with Crippen LogP contribution in [0.15, 0.2) is 30.3 Å². The van der Waals surface area contributed by atoms with Crippen molar-refractivity contribution in [1.82, 2.24) is 5.32 Å². The number of hydrogen-bond acceptors (Lipinski definition) is 3. The number of carboxylic acid groups (broad SMARTS) is 1. The largest absolute Gasteiger partial charge is 0.481 e. The van der Waals surface area contributed by atoms with Gasteiger partial charge < -0.3 is 15.2 Å². The van der Waals surface area contributed by atoms with Crippen LogP contribution >= 0.6 is 0 Å². The van der Waals surface area contributed by atoms with Crippen molar-refractivity contribution in [3.8, 4) is 0 Å². The molecule has 116 valence electrons. The first kappa shape index (κ1) is 17.2. The molecule has 0 bridgehead atoms. The van der Waals surface area contributed by atoms with Crippen LogP contribution < -0.4 is 5.32 Å². The fourth-order valence-electron chi connectivity index (χ4n) is 2.12. The quantitative estimate of drug-likeness (QED) is 0.768. The van der Waals surface area contributed by atoms with Crippen LogP contribution in [-0.4, -0.2) is 36.7 Å². The second-order valence-corrected chi connectivity index (χ2v) is 5.43. The molecule has 5 heteroatoms. The predicted octanol–water partition coefficient (Wildman–Crippen LogP) is 1.96. The van der Waals surface area contributed by atoms with E-state index in [1.165, 1.54) is 0 Å². The van der Waals surface area contributed by atoms with Crippen LogP contribution in [0.1, 0.15) is 32.3 Å². The Morgan fingerprint density at radius 2 is 1.95 bits per heavy atom. The molecule has 21 heavy (non-hydrogen) atoms. The fraction of sp³-hybridized carbons (Fsp3) is 0.500. The smallest absolute Gasteiger partial charge is 0.314 e. The molecule has 0 aliphatic heterocycles. The molecule has 1 amide bonds. The Hall–Kier alpha value is -1.88. The van der Waals surface area contributed by atoms with Crippen molar-refractivity contribution in [3.05, 3.63) is 35.9 Å². The Bertz CT molecular complexity index is 474. The van der Waals surface area contributed by atoms with Gasteiger partial charge in [0.25, 0.3) is 0 Å². The normalized spacial score (nSPS) is 15.0. The Morgan fingerprint density at radius 1 is 1.33 bits per heavy atom. The molecule has 0 radical (unpaired) electrons. The van der Waals surface area contributed by atoms with Gasteiger partial charge in [-0.1, -0.05) is 30.3 Å². The Labute approximate surface area is 125 Å². The van der Waals surface area contributed by atoms with Crippen molar-refractivity contribution in [3.63, 3.8) is 0 Å². The molecule has 1 aromatic carbocycles. The Kier molecular flexibility index (Phi) is 6.37. The fourth-order valence-corrected chi connectivity index (χ4v) is 2.12. The molecular weight excluding hydrogens is 270 g/mol. The average molecular weight is 293 g/mol. The van der Waals surface area contributed by atoms with Crippen molar-refractivity contribution in [2.75, 3.05) is 13.7 Å². The number of benzene rings is 1. The third-order valence-electron chi connectivity index (χ3n) is 3.56. The van der Waals surface area contributed by atoms with Crippen LogP contribution in [0.3, 0.4) is 0 Å². The van der Waals surface area contributed by atoms with E-state index in [0.717, 1.165) is 0 Å². The highest BCUT2D eigenvalue weighted by Crippen LogP contribution is 2.28. The maximum atomic E-state index is 12.1. The lowest BCUT2D eigenvalue weighted by molar-refractivity contribution is -0.145. The topological polar surface area (TPSA) is 75.6 Å². The molecule has 1 rings (SSSR count). The summed E-state index contributed by atoms with van der Waals surface area (Å²) in [6.07, 6.45) is 0.598. The predicted molar refractivity (Wildman–Crippen MR) is 80.1 cm³/mol. The van der Waals surface area contributed by atoms with E-state index < -0.39 is 11.4 Å². The van der Waals surface area contributed by atoms with Crippen molar-refractivity contribution in [2.24, 2.45) is 0 Å². The zero-order chi connectivity index (χ0) is 15.9. The molecule has 2 atom stereocenters. The molecule has 0 aliphatic rings. The maximum absolute atomic E-state index is 12.1. The summed E-state index contributed by atoms with van der Waals surface area (Å²) in [6.45, 7) is 4.00. The van der Waals surface area contributed by atoms with Crippen molar-refractivity contribution in [1.29, 1.82) is 0 Å². The van der Waals surface area contributed by atoms with E-state index in [1.807, 2.05) is 13.0 Å². The van der Waals surface area contributed by atoms with Crippen molar-refractivity contribution < 1.29 is 19.4 Å². The van der Waals surface area contributed by atoms with E-state index in [-0.39, 0.29) is 18.4 Å². The first-order chi connectivity index (χ1) is 9.90. The van der Waals surface area contributed by atoms with E-state index in [0.29, 0.717) is 18.6 Å². The minimum atomic E-state index is -1.23. The van der Waals surface area contributed by atoms with Gasteiger partial charge in [-0.15, -0.1) is 0 Å². The minimum absolute atomic E-state index is 0.0498. The minimum Gasteiger partial charge on any atom is -0.481 e. The third-order valence-corrected chi connectivity index (χ3v) is 3.56. The van der Waals surface area contributed by atoms with E-state index in [1.54, 1.807) is 38.3 Å². The highest BCUT2D eigenvalue weighted by atomic mass is 16.5. The van der Waals surface area contributed by atoms with Crippen LogP contribution in [0.2, 0.25) is 0 Å². The highest BCUT2D eigenvalue weighted by Gasteiger charge is 2.37. The first-order valence-electron chi connectivity index (χ1n) is 6.97. The number of nitrogens with one attached hydrogen (secondary N) is 1. The van der Waals surface area contributed by atoms with E-state index in [9.17, 15) is 14.7 Å². The zero-order valence-electron chi connectivity index (χ0n) is 12.8. The van der Waals surface area contributed by atoms with Gasteiger partial charge in [0.2, 0.25) is 5.91 Å². The third kappa shape index (κ3) is 4.86. The Balaban J connectivity index is 2.75. The number of rotatable bonds is 8. The second kappa shape index (κ2) is 7.78. The molecule has 0 saturated carbocycles. The second-order valence-electron chi connectivity index (χ2n) is 5.43. The zero-order valence-corrected chi connectivity index (χ0v) is 12.8. The van der Waals surface area contributed by atoms with Gasteiger partial charge in [-0.3, -0.25) is 9.59 Å². The van der Waals surface area contributed by atoms with Gasteiger partial charge in [0, 0.05) is 26.2 Å². The van der Waals surface area contributed by atoms with Gasteiger partial charge in [-0.2, -0.15) is 0 Å². The van der Waals surface area contributed by atoms with Gasteiger partial charge in [0.15, 0.2) is 0 Å². The number of carbonyl (C=O) groups is 2. The molecule has 1 aromatic rings. The number of hydrogen-bond donors (Lipinski definition) is 2. The lowest BCUT2D eigenvalue weighted by Gasteiger charge is -2.25. The summed E-state index contributed by atoms with van der Waals surface area (Å²) in [6, 6.07) is 8.78. The highest BCUT2D eigenvalue weighted by molar-refractivity contribution is 5.89. The van der Waals surface area contributed by atoms with Gasteiger partial charge in [-0.05, 0) is 25.8 Å². The number of amides is 1. The summed E-state index contributed by atoms with van der Waals surface area (Å²) < 4.78 is 4.96. The van der Waals surface area contributed by atoms with Gasteiger partial charge in [0.1, 0.15) is 0 Å². The molecular formula is C16H23NO4. The van der Waals surface area contributed by atoms with E-state index >= 15 is 0 Å². The number of carboxylic acids is 1. The molecule has 0 saturated heterocycles. The molecule has 0 fully saturated rings. The number of carbonyl (C=O) groups excluding carboxylic acids is 1. The number of ether oxygens (including phenoxy) is 1. The molecule has 5 nitrogen and oxygen atoms in total. The van der Waals surface area contributed by atoms with E-state index in [2.05, 4.69) is 5.32 Å². The van der Waals surface area contributed by atoms with Gasteiger partial charge in [0.05, 0.1) is 5.41 Å². The summed E-state index contributed by atoms with van der Waals surface area (Å²) in [5, 5.41) is 12.3. The summed E-state index contributed by atoms with van der Waals surface area (Å²) in [5.74, 6) is -1.28. The SMILES string of the molecule is COCCC(C)NC(=O)CC(C)(C(=O)O)c1ccccc1. The number of methoxy groups -OCH3 is 1. The monoisotopic (exact) mass is 293 g/mol. The Morgan fingerprint density at radius 3 is 2.48 bits per heavy atom. The van der Waals surface area contributed by atoms with Crippen LogP contribution in [0.5, 0.6) is 0 Å². The summed E-state index contributed by atoms with van der Waals surface area (Å²) in [5.41, 5.74) is -0.607. The van der Waals surface area contributed by atoms with Crippen LogP contribution in [0, 0.1) is 0 Å².